The zero-order chi connectivity index (χ0) is 21.4. The van der Waals surface area contributed by atoms with Crippen LogP contribution in [-0.4, -0.2) is 40.0 Å². The van der Waals surface area contributed by atoms with Crippen molar-refractivity contribution in [3.8, 4) is 0 Å². The number of aromatic nitrogens is 2. The summed E-state index contributed by atoms with van der Waals surface area (Å²) in [6, 6.07) is 13.5. The Hall–Kier alpha value is -3.10. The first-order chi connectivity index (χ1) is 15.1. The molecule has 1 fully saturated rings. The number of para-hydroxylation sites is 1. The van der Waals surface area contributed by atoms with Crippen LogP contribution in [0, 0.1) is 5.82 Å². The van der Waals surface area contributed by atoms with Crippen molar-refractivity contribution >= 4 is 38.2 Å². The molecule has 6 nitrogen and oxygen atoms in total. The van der Waals surface area contributed by atoms with Crippen molar-refractivity contribution in [2.24, 2.45) is 0 Å². The molecular weight excluding hydrogens is 417 g/mol. The molecule has 0 spiro atoms. The molecular formula is C23H20FN3O3S. The standard InChI is InChI=1S/C23H20FN3O3S/c24-17-7-3-9-19-16(17)11-20(31-19)23(29)27(12-14-5-4-10-30-14)13-21-25-18-8-2-1-6-15(18)22(28)26-21/h1-3,6-9,11,14H,4-5,10,12-13H2,(H,25,26,28)/t14-/m1/s1. The number of hydrogen-bond donors (Lipinski definition) is 1. The molecule has 0 bridgehead atoms. The topological polar surface area (TPSA) is 75.3 Å². The Balaban J connectivity index is 1.49. The van der Waals surface area contributed by atoms with E-state index in [0.29, 0.717) is 40.1 Å². The van der Waals surface area contributed by atoms with Gasteiger partial charge < -0.3 is 14.6 Å². The van der Waals surface area contributed by atoms with Gasteiger partial charge in [-0.1, -0.05) is 18.2 Å². The predicted molar refractivity (Wildman–Crippen MR) is 118 cm³/mol. The van der Waals surface area contributed by atoms with Crippen molar-refractivity contribution in [1.82, 2.24) is 14.9 Å². The molecule has 1 amide bonds. The quantitative estimate of drug-likeness (QED) is 0.510. The number of thiophene rings is 1. The van der Waals surface area contributed by atoms with E-state index in [0.717, 1.165) is 17.5 Å². The molecule has 2 aromatic carbocycles. The van der Waals surface area contributed by atoms with Gasteiger partial charge in [0.05, 0.1) is 28.4 Å². The second-order valence-electron chi connectivity index (χ2n) is 7.61. The Morgan fingerprint density at radius 3 is 2.90 bits per heavy atom. The van der Waals surface area contributed by atoms with Gasteiger partial charge >= 0.3 is 0 Å². The molecule has 0 saturated carbocycles. The molecule has 0 unspecified atom stereocenters. The normalized spacial score (nSPS) is 16.2. The summed E-state index contributed by atoms with van der Waals surface area (Å²) in [5.41, 5.74) is 0.337. The number of ether oxygens (including phenoxy) is 1. The summed E-state index contributed by atoms with van der Waals surface area (Å²) in [5, 5.41) is 0.938. The molecule has 0 aliphatic carbocycles. The second kappa shape index (κ2) is 8.20. The SMILES string of the molecule is O=C(c1cc2c(F)cccc2s1)N(Cc1nc2ccccc2c(=O)[nH]1)C[C@H]1CCCO1. The fraction of sp³-hybridized carbons (Fsp3) is 0.261. The number of aromatic amines is 1. The van der Waals surface area contributed by atoms with Gasteiger partial charge in [-0.2, -0.15) is 0 Å². The fourth-order valence-corrected chi connectivity index (χ4v) is 4.97. The van der Waals surface area contributed by atoms with Gasteiger partial charge in [-0.3, -0.25) is 9.59 Å². The van der Waals surface area contributed by atoms with E-state index in [1.165, 1.54) is 17.4 Å². The number of halogens is 1. The van der Waals surface area contributed by atoms with E-state index in [-0.39, 0.29) is 29.9 Å². The lowest BCUT2D eigenvalue weighted by molar-refractivity contribution is 0.0505. The summed E-state index contributed by atoms with van der Waals surface area (Å²) in [6.45, 7) is 1.19. The average Bonchev–Trinajstić information content (AvgIpc) is 3.43. The highest BCUT2D eigenvalue weighted by molar-refractivity contribution is 7.20. The van der Waals surface area contributed by atoms with Crippen LogP contribution in [0.2, 0.25) is 0 Å². The van der Waals surface area contributed by atoms with Crippen LogP contribution >= 0.6 is 11.3 Å². The number of hydrogen-bond acceptors (Lipinski definition) is 5. The lowest BCUT2D eigenvalue weighted by atomic mass is 10.2. The molecule has 1 atom stereocenters. The van der Waals surface area contributed by atoms with Crippen molar-refractivity contribution in [2.45, 2.75) is 25.5 Å². The molecule has 158 valence electrons. The number of fused-ring (bicyclic) bond motifs is 2. The summed E-state index contributed by atoms with van der Waals surface area (Å²) in [7, 11) is 0. The maximum Gasteiger partial charge on any atom is 0.264 e. The molecule has 8 heteroatoms. The van der Waals surface area contributed by atoms with Crippen LogP contribution in [0.3, 0.4) is 0 Å². The zero-order valence-corrected chi connectivity index (χ0v) is 17.5. The number of rotatable bonds is 5. The Labute approximate surface area is 181 Å². The van der Waals surface area contributed by atoms with Gasteiger partial charge in [0.1, 0.15) is 11.6 Å². The number of benzene rings is 2. The number of nitrogens with one attached hydrogen (secondary N) is 1. The lowest BCUT2D eigenvalue weighted by Crippen LogP contribution is -2.37. The van der Waals surface area contributed by atoms with Gasteiger partial charge in [0.2, 0.25) is 0 Å². The summed E-state index contributed by atoms with van der Waals surface area (Å²) >= 11 is 1.26. The summed E-state index contributed by atoms with van der Waals surface area (Å²) in [5.74, 6) is -0.173. The van der Waals surface area contributed by atoms with E-state index in [1.807, 2.05) is 6.07 Å². The Morgan fingerprint density at radius 1 is 1.23 bits per heavy atom. The number of H-pyrrole nitrogens is 1. The smallest absolute Gasteiger partial charge is 0.264 e. The largest absolute Gasteiger partial charge is 0.376 e. The van der Waals surface area contributed by atoms with Crippen molar-refractivity contribution < 1.29 is 13.9 Å². The first-order valence-electron chi connectivity index (χ1n) is 10.2. The molecule has 1 aliphatic heterocycles. The van der Waals surface area contributed by atoms with Crippen LogP contribution in [0.4, 0.5) is 4.39 Å². The summed E-state index contributed by atoms with van der Waals surface area (Å²) in [4.78, 5) is 35.3. The van der Waals surface area contributed by atoms with E-state index >= 15 is 0 Å². The third kappa shape index (κ3) is 3.96. The number of amides is 1. The van der Waals surface area contributed by atoms with Gasteiger partial charge in [-0.25, -0.2) is 9.37 Å². The molecule has 0 radical (unpaired) electrons. The van der Waals surface area contributed by atoms with Crippen LogP contribution in [0.1, 0.15) is 28.3 Å². The second-order valence-corrected chi connectivity index (χ2v) is 8.70. The van der Waals surface area contributed by atoms with Gasteiger partial charge in [0.25, 0.3) is 11.5 Å². The van der Waals surface area contributed by atoms with E-state index < -0.39 is 0 Å². The molecule has 5 rings (SSSR count). The molecule has 1 saturated heterocycles. The van der Waals surface area contributed by atoms with Gasteiger partial charge in [0.15, 0.2) is 0 Å². The van der Waals surface area contributed by atoms with Crippen LogP contribution in [0.5, 0.6) is 0 Å². The first kappa shape index (κ1) is 19.8. The lowest BCUT2D eigenvalue weighted by Gasteiger charge is -2.24. The third-order valence-electron chi connectivity index (χ3n) is 5.46. The third-order valence-corrected chi connectivity index (χ3v) is 6.55. The van der Waals surface area contributed by atoms with Crippen molar-refractivity contribution in [3.63, 3.8) is 0 Å². The fourth-order valence-electron chi connectivity index (χ4n) is 3.93. The molecule has 2 aromatic heterocycles. The van der Waals surface area contributed by atoms with Crippen LogP contribution < -0.4 is 5.56 Å². The number of carbonyl (C=O) groups is 1. The molecule has 3 heterocycles. The highest BCUT2D eigenvalue weighted by Crippen LogP contribution is 2.29. The van der Waals surface area contributed by atoms with E-state index in [1.54, 1.807) is 41.3 Å². The Bertz CT molecular complexity index is 1330. The Morgan fingerprint density at radius 2 is 2.10 bits per heavy atom. The minimum atomic E-state index is -0.348. The summed E-state index contributed by atoms with van der Waals surface area (Å²) < 4.78 is 20.6. The van der Waals surface area contributed by atoms with Gasteiger partial charge in [-0.15, -0.1) is 11.3 Å². The van der Waals surface area contributed by atoms with Crippen LogP contribution in [-0.2, 0) is 11.3 Å². The van der Waals surface area contributed by atoms with E-state index in [4.69, 9.17) is 4.74 Å². The first-order valence-corrected chi connectivity index (χ1v) is 11.0. The number of carbonyl (C=O) groups excluding carboxylic acids is 1. The van der Waals surface area contributed by atoms with Crippen LogP contribution in [0.15, 0.2) is 53.3 Å². The zero-order valence-electron chi connectivity index (χ0n) is 16.6. The molecule has 31 heavy (non-hydrogen) atoms. The minimum Gasteiger partial charge on any atom is -0.376 e. The molecule has 1 aliphatic rings. The van der Waals surface area contributed by atoms with E-state index in [2.05, 4.69) is 9.97 Å². The molecule has 4 aromatic rings. The number of nitrogens with zero attached hydrogens (tertiary/aromatic N) is 2. The highest BCUT2D eigenvalue weighted by atomic mass is 32.1. The van der Waals surface area contributed by atoms with Crippen molar-refractivity contribution in [1.29, 1.82) is 0 Å². The monoisotopic (exact) mass is 437 g/mol. The minimum absolute atomic E-state index is 0.0674. The molecule has 1 N–H and O–H groups in total. The van der Waals surface area contributed by atoms with Crippen LogP contribution in [0.25, 0.3) is 21.0 Å². The Kier molecular flexibility index (Phi) is 5.25. The van der Waals surface area contributed by atoms with Gasteiger partial charge in [-0.05, 0) is 43.2 Å². The van der Waals surface area contributed by atoms with E-state index in [9.17, 15) is 14.0 Å². The summed E-state index contributed by atoms with van der Waals surface area (Å²) in [6.07, 6.45) is 1.75. The average molecular weight is 437 g/mol. The maximum absolute atomic E-state index is 14.1. The predicted octanol–water partition coefficient (Wildman–Crippen LogP) is 4.10. The highest BCUT2D eigenvalue weighted by Gasteiger charge is 2.26. The van der Waals surface area contributed by atoms with Crippen molar-refractivity contribution in [3.05, 3.63) is 75.4 Å². The van der Waals surface area contributed by atoms with Crippen molar-refractivity contribution in [2.75, 3.05) is 13.2 Å². The van der Waals surface area contributed by atoms with Gasteiger partial charge in [0, 0.05) is 23.2 Å². The maximum atomic E-state index is 14.1.